The average molecular weight is 376 g/mol. The van der Waals surface area contributed by atoms with Gasteiger partial charge in [0.25, 0.3) is 11.1 Å². The van der Waals surface area contributed by atoms with Crippen LogP contribution in [0.4, 0.5) is 10.5 Å². The van der Waals surface area contributed by atoms with Crippen LogP contribution >= 0.6 is 23.4 Å². The number of carbonyl (C=O) groups is 2. The molecule has 0 saturated carbocycles. The molecule has 2 aromatic rings. The Bertz CT molecular complexity index is 881. The highest BCUT2D eigenvalue weighted by Crippen LogP contribution is 2.37. The molecule has 0 spiro atoms. The fourth-order valence-corrected chi connectivity index (χ4v) is 3.37. The summed E-state index contributed by atoms with van der Waals surface area (Å²) < 4.78 is 5.33. The van der Waals surface area contributed by atoms with E-state index in [0.29, 0.717) is 28.6 Å². The van der Waals surface area contributed by atoms with Crippen LogP contribution in [0.2, 0.25) is 5.02 Å². The van der Waals surface area contributed by atoms with Gasteiger partial charge in [-0.05, 0) is 60.7 Å². The largest absolute Gasteiger partial charge is 0.504 e. The number of imide groups is 1. The van der Waals surface area contributed by atoms with Crippen LogP contribution in [-0.2, 0) is 4.79 Å². The van der Waals surface area contributed by atoms with E-state index < -0.39 is 5.91 Å². The van der Waals surface area contributed by atoms with E-state index in [4.69, 9.17) is 16.3 Å². The molecule has 25 heavy (non-hydrogen) atoms. The number of hydrogen-bond acceptors (Lipinski definition) is 5. The SMILES string of the molecule is CCOc1cc(/C=C2\SC(=O)N(c3cccc(Cl)c3)C2=O)ccc1O. The maximum absolute atomic E-state index is 12.6. The molecule has 1 aliphatic heterocycles. The molecule has 7 heteroatoms. The molecule has 128 valence electrons. The molecular formula is C18H14ClNO4S. The summed E-state index contributed by atoms with van der Waals surface area (Å²) in [6.45, 7) is 2.21. The lowest BCUT2D eigenvalue weighted by Gasteiger charge is -2.12. The van der Waals surface area contributed by atoms with Gasteiger partial charge in [-0.15, -0.1) is 0 Å². The minimum Gasteiger partial charge on any atom is -0.504 e. The highest BCUT2D eigenvalue weighted by atomic mass is 35.5. The van der Waals surface area contributed by atoms with Gasteiger partial charge < -0.3 is 9.84 Å². The Morgan fingerprint density at radius 2 is 2.04 bits per heavy atom. The molecule has 1 saturated heterocycles. The van der Waals surface area contributed by atoms with E-state index in [1.807, 2.05) is 6.92 Å². The van der Waals surface area contributed by atoms with Gasteiger partial charge in [-0.1, -0.05) is 23.7 Å². The van der Waals surface area contributed by atoms with E-state index in [0.717, 1.165) is 16.7 Å². The number of carbonyl (C=O) groups excluding carboxylic acids is 2. The van der Waals surface area contributed by atoms with Crippen molar-refractivity contribution in [2.45, 2.75) is 6.92 Å². The first-order chi connectivity index (χ1) is 12.0. The maximum Gasteiger partial charge on any atom is 0.298 e. The van der Waals surface area contributed by atoms with Crippen LogP contribution in [0.5, 0.6) is 11.5 Å². The molecule has 2 amide bonds. The third kappa shape index (κ3) is 3.65. The second-order valence-corrected chi connectivity index (χ2v) is 6.59. The smallest absolute Gasteiger partial charge is 0.298 e. The number of halogens is 1. The number of phenols is 1. The zero-order valence-electron chi connectivity index (χ0n) is 13.2. The topological polar surface area (TPSA) is 66.8 Å². The number of amides is 2. The van der Waals surface area contributed by atoms with E-state index in [9.17, 15) is 14.7 Å². The number of benzene rings is 2. The van der Waals surface area contributed by atoms with E-state index in [-0.39, 0.29) is 15.9 Å². The van der Waals surface area contributed by atoms with Crippen molar-refractivity contribution >= 4 is 46.3 Å². The zero-order valence-corrected chi connectivity index (χ0v) is 14.8. The van der Waals surface area contributed by atoms with Crippen molar-refractivity contribution in [2.24, 2.45) is 0 Å². The summed E-state index contributed by atoms with van der Waals surface area (Å²) in [6.07, 6.45) is 1.59. The third-order valence-corrected chi connectivity index (χ3v) is 4.55. The summed E-state index contributed by atoms with van der Waals surface area (Å²) in [5, 5.41) is 9.80. The normalized spacial score (nSPS) is 15.9. The average Bonchev–Trinajstić information content (AvgIpc) is 2.85. The Hall–Kier alpha value is -2.44. The molecule has 1 N–H and O–H groups in total. The lowest BCUT2D eigenvalue weighted by atomic mass is 10.2. The number of hydrogen-bond donors (Lipinski definition) is 1. The number of phenolic OH excluding ortho intramolecular Hbond substituents is 1. The van der Waals surface area contributed by atoms with Gasteiger partial charge in [0.15, 0.2) is 11.5 Å². The molecule has 0 bridgehead atoms. The second-order valence-electron chi connectivity index (χ2n) is 5.16. The third-order valence-electron chi connectivity index (χ3n) is 3.44. The van der Waals surface area contributed by atoms with Crippen molar-refractivity contribution in [3.63, 3.8) is 0 Å². The van der Waals surface area contributed by atoms with E-state index in [2.05, 4.69) is 0 Å². The summed E-state index contributed by atoms with van der Waals surface area (Å²) in [7, 11) is 0. The van der Waals surface area contributed by atoms with Gasteiger partial charge in [0, 0.05) is 5.02 Å². The Morgan fingerprint density at radius 3 is 2.76 bits per heavy atom. The minimum atomic E-state index is -0.414. The number of rotatable bonds is 4. The molecule has 3 rings (SSSR count). The molecule has 0 atom stereocenters. The van der Waals surface area contributed by atoms with Gasteiger partial charge in [-0.25, -0.2) is 4.90 Å². The fraction of sp³-hybridized carbons (Fsp3) is 0.111. The van der Waals surface area contributed by atoms with Crippen molar-refractivity contribution in [1.29, 1.82) is 0 Å². The summed E-state index contributed by atoms with van der Waals surface area (Å²) in [6, 6.07) is 11.3. The van der Waals surface area contributed by atoms with Gasteiger partial charge in [-0.3, -0.25) is 9.59 Å². The van der Waals surface area contributed by atoms with Crippen LogP contribution in [0.1, 0.15) is 12.5 Å². The summed E-state index contributed by atoms with van der Waals surface area (Å²) in [5.41, 5.74) is 1.08. The summed E-state index contributed by atoms with van der Waals surface area (Å²) >= 11 is 6.79. The van der Waals surface area contributed by atoms with Crippen LogP contribution < -0.4 is 9.64 Å². The first kappa shape index (κ1) is 17.4. The number of thioether (sulfide) groups is 1. The first-order valence-corrected chi connectivity index (χ1v) is 8.68. The van der Waals surface area contributed by atoms with E-state index in [1.54, 1.807) is 42.5 Å². The number of anilines is 1. The van der Waals surface area contributed by atoms with Crippen LogP contribution in [0.25, 0.3) is 6.08 Å². The quantitative estimate of drug-likeness (QED) is 0.785. The highest BCUT2D eigenvalue weighted by molar-refractivity contribution is 8.19. The monoisotopic (exact) mass is 375 g/mol. The van der Waals surface area contributed by atoms with Crippen molar-refractivity contribution in [1.82, 2.24) is 0 Å². The number of aromatic hydroxyl groups is 1. The van der Waals surface area contributed by atoms with Crippen molar-refractivity contribution < 1.29 is 19.4 Å². The molecule has 0 unspecified atom stereocenters. The standard InChI is InChI=1S/C18H14ClNO4S/c1-2-24-15-8-11(6-7-14(15)21)9-16-17(22)20(18(23)25-16)13-5-3-4-12(19)10-13/h3-10,21H,2H2,1H3/b16-9-. The summed E-state index contributed by atoms with van der Waals surface area (Å²) in [4.78, 5) is 26.2. The van der Waals surface area contributed by atoms with Gasteiger partial charge >= 0.3 is 0 Å². The Balaban J connectivity index is 1.92. The van der Waals surface area contributed by atoms with Crippen LogP contribution in [0.15, 0.2) is 47.4 Å². The first-order valence-electron chi connectivity index (χ1n) is 7.49. The predicted molar refractivity (Wildman–Crippen MR) is 99.2 cm³/mol. The van der Waals surface area contributed by atoms with E-state index in [1.165, 1.54) is 6.07 Å². The predicted octanol–water partition coefficient (Wildman–Crippen LogP) is 4.69. The lowest BCUT2D eigenvalue weighted by Crippen LogP contribution is -2.27. The van der Waals surface area contributed by atoms with Gasteiger partial charge in [0.05, 0.1) is 17.2 Å². The molecule has 0 radical (unpaired) electrons. The Kier molecular flexibility index (Phi) is 5.01. The molecule has 0 aliphatic carbocycles. The molecule has 1 fully saturated rings. The van der Waals surface area contributed by atoms with Crippen LogP contribution in [0.3, 0.4) is 0 Å². The van der Waals surface area contributed by atoms with Crippen molar-refractivity contribution in [3.8, 4) is 11.5 Å². The molecule has 0 aromatic heterocycles. The van der Waals surface area contributed by atoms with Crippen molar-refractivity contribution in [3.05, 3.63) is 58.0 Å². The number of ether oxygens (including phenoxy) is 1. The van der Waals surface area contributed by atoms with Gasteiger partial charge in [0.2, 0.25) is 0 Å². The van der Waals surface area contributed by atoms with Gasteiger partial charge in [0.1, 0.15) is 0 Å². The van der Waals surface area contributed by atoms with Crippen LogP contribution in [0, 0.1) is 0 Å². The number of nitrogens with zero attached hydrogens (tertiary/aromatic N) is 1. The molecule has 1 heterocycles. The Morgan fingerprint density at radius 1 is 1.24 bits per heavy atom. The molecule has 2 aromatic carbocycles. The van der Waals surface area contributed by atoms with E-state index >= 15 is 0 Å². The Labute approximate surface area is 153 Å². The van der Waals surface area contributed by atoms with Gasteiger partial charge in [-0.2, -0.15) is 0 Å². The maximum atomic E-state index is 12.6. The second kappa shape index (κ2) is 7.21. The fourth-order valence-electron chi connectivity index (χ4n) is 2.35. The lowest BCUT2D eigenvalue weighted by molar-refractivity contribution is -0.113. The molecule has 1 aliphatic rings. The van der Waals surface area contributed by atoms with Crippen LogP contribution in [-0.4, -0.2) is 22.9 Å². The van der Waals surface area contributed by atoms with Crippen molar-refractivity contribution in [2.75, 3.05) is 11.5 Å². The molecule has 5 nitrogen and oxygen atoms in total. The summed E-state index contributed by atoms with van der Waals surface area (Å²) in [5.74, 6) is -0.0698. The molecular weight excluding hydrogens is 362 g/mol. The minimum absolute atomic E-state index is 0.0195. The zero-order chi connectivity index (χ0) is 18.0. The highest BCUT2D eigenvalue weighted by Gasteiger charge is 2.36.